The first-order chi connectivity index (χ1) is 10.2. The summed E-state index contributed by atoms with van der Waals surface area (Å²) in [4.78, 5) is 6.86. The van der Waals surface area contributed by atoms with E-state index in [1.165, 1.54) is 36.9 Å². The average molecular weight is 291 g/mol. The molecule has 0 unspecified atom stereocenters. The van der Waals surface area contributed by atoms with Crippen molar-refractivity contribution in [3.05, 3.63) is 24.0 Å². The molecule has 0 aliphatic rings. The van der Waals surface area contributed by atoms with Crippen molar-refractivity contribution < 1.29 is 0 Å². The Morgan fingerprint density at radius 3 is 2.38 bits per heavy atom. The van der Waals surface area contributed by atoms with Gasteiger partial charge < -0.3 is 10.2 Å². The van der Waals surface area contributed by atoms with Crippen LogP contribution in [-0.2, 0) is 6.54 Å². The fourth-order valence-corrected chi connectivity index (χ4v) is 2.41. The summed E-state index contributed by atoms with van der Waals surface area (Å²) in [7, 11) is 0. The average Bonchev–Trinajstić information content (AvgIpc) is 2.48. The SMILES string of the molecule is CCCCN(CCCC)c1ccncc1CNCC(C)C. The van der Waals surface area contributed by atoms with Gasteiger partial charge in [0.1, 0.15) is 0 Å². The fourth-order valence-electron chi connectivity index (χ4n) is 2.41. The molecule has 1 heterocycles. The number of nitrogens with zero attached hydrogens (tertiary/aromatic N) is 2. The second-order valence-electron chi connectivity index (χ2n) is 6.22. The summed E-state index contributed by atoms with van der Waals surface area (Å²) in [5.74, 6) is 0.682. The van der Waals surface area contributed by atoms with E-state index in [-0.39, 0.29) is 0 Å². The van der Waals surface area contributed by atoms with Crippen LogP contribution in [-0.4, -0.2) is 24.6 Å². The molecule has 0 atom stereocenters. The van der Waals surface area contributed by atoms with Crippen LogP contribution in [0.3, 0.4) is 0 Å². The van der Waals surface area contributed by atoms with Crippen LogP contribution in [0.15, 0.2) is 18.5 Å². The fraction of sp³-hybridized carbons (Fsp3) is 0.722. The van der Waals surface area contributed by atoms with Crippen molar-refractivity contribution >= 4 is 5.69 Å². The Labute approximate surface area is 131 Å². The molecule has 3 heteroatoms. The molecule has 0 bridgehead atoms. The summed E-state index contributed by atoms with van der Waals surface area (Å²) in [5.41, 5.74) is 2.69. The van der Waals surface area contributed by atoms with Gasteiger partial charge in [0.05, 0.1) is 0 Å². The smallest absolute Gasteiger partial charge is 0.0442 e. The molecule has 0 aliphatic carbocycles. The van der Waals surface area contributed by atoms with Crippen LogP contribution in [0, 0.1) is 5.92 Å². The van der Waals surface area contributed by atoms with Crippen LogP contribution in [0.25, 0.3) is 0 Å². The lowest BCUT2D eigenvalue weighted by Gasteiger charge is -2.27. The van der Waals surface area contributed by atoms with Crippen molar-refractivity contribution in [2.45, 2.75) is 59.9 Å². The van der Waals surface area contributed by atoms with Gasteiger partial charge in [-0.05, 0) is 31.4 Å². The first-order valence-corrected chi connectivity index (χ1v) is 8.57. The number of nitrogens with one attached hydrogen (secondary N) is 1. The normalized spacial score (nSPS) is 11.1. The minimum Gasteiger partial charge on any atom is -0.371 e. The maximum absolute atomic E-state index is 4.32. The second kappa shape index (κ2) is 10.6. The maximum Gasteiger partial charge on any atom is 0.0442 e. The number of anilines is 1. The van der Waals surface area contributed by atoms with Gasteiger partial charge in [0.2, 0.25) is 0 Å². The van der Waals surface area contributed by atoms with Crippen molar-refractivity contribution in [2.24, 2.45) is 5.92 Å². The predicted molar refractivity (Wildman–Crippen MR) is 92.8 cm³/mol. The summed E-state index contributed by atoms with van der Waals surface area (Å²) < 4.78 is 0. The van der Waals surface area contributed by atoms with Gasteiger partial charge in [-0.3, -0.25) is 4.98 Å². The lowest BCUT2D eigenvalue weighted by atomic mass is 10.1. The Balaban J connectivity index is 2.75. The van der Waals surface area contributed by atoms with E-state index in [4.69, 9.17) is 0 Å². The summed E-state index contributed by atoms with van der Waals surface area (Å²) in [6.45, 7) is 13.3. The van der Waals surface area contributed by atoms with Crippen molar-refractivity contribution in [1.82, 2.24) is 10.3 Å². The third-order valence-electron chi connectivity index (χ3n) is 3.65. The number of unbranched alkanes of at least 4 members (excludes halogenated alkanes) is 2. The lowest BCUT2D eigenvalue weighted by molar-refractivity contribution is 0.551. The van der Waals surface area contributed by atoms with Crippen LogP contribution in [0.1, 0.15) is 58.9 Å². The molecule has 1 aromatic heterocycles. The van der Waals surface area contributed by atoms with Gasteiger partial charge in [0.25, 0.3) is 0 Å². The third-order valence-corrected chi connectivity index (χ3v) is 3.65. The predicted octanol–water partition coefficient (Wildman–Crippen LogP) is 4.23. The number of hydrogen-bond acceptors (Lipinski definition) is 3. The van der Waals surface area contributed by atoms with Gasteiger partial charge in [-0.25, -0.2) is 0 Å². The van der Waals surface area contributed by atoms with E-state index < -0.39 is 0 Å². The zero-order valence-electron chi connectivity index (χ0n) is 14.4. The topological polar surface area (TPSA) is 28.2 Å². The van der Waals surface area contributed by atoms with E-state index >= 15 is 0 Å². The molecule has 0 saturated carbocycles. The van der Waals surface area contributed by atoms with E-state index in [1.54, 1.807) is 0 Å². The standard InChI is InChI=1S/C18H33N3/c1-5-7-11-21(12-8-6-2)18-9-10-19-14-17(18)15-20-13-16(3)4/h9-10,14,16,20H,5-8,11-13,15H2,1-4H3. The molecule has 21 heavy (non-hydrogen) atoms. The van der Waals surface area contributed by atoms with E-state index in [1.807, 2.05) is 12.4 Å². The number of rotatable bonds is 11. The molecule has 0 aliphatic heterocycles. The van der Waals surface area contributed by atoms with Gasteiger partial charge >= 0.3 is 0 Å². The van der Waals surface area contributed by atoms with Crippen LogP contribution in [0.4, 0.5) is 5.69 Å². The maximum atomic E-state index is 4.32. The summed E-state index contributed by atoms with van der Waals surface area (Å²) in [6, 6.07) is 2.18. The first-order valence-electron chi connectivity index (χ1n) is 8.57. The van der Waals surface area contributed by atoms with Gasteiger partial charge in [-0.15, -0.1) is 0 Å². The van der Waals surface area contributed by atoms with Crippen LogP contribution in [0.2, 0.25) is 0 Å². The highest BCUT2D eigenvalue weighted by atomic mass is 15.1. The third kappa shape index (κ3) is 6.94. The van der Waals surface area contributed by atoms with Crippen molar-refractivity contribution in [3.63, 3.8) is 0 Å². The Bertz CT molecular complexity index is 368. The van der Waals surface area contributed by atoms with Crippen LogP contribution < -0.4 is 10.2 Å². The number of hydrogen-bond donors (Lipinski definition) is 1. The van der Waals surface area contributed by atoms with E-state index in [0.717, 1.165) is 26.2 Å². The Morgan fingerprint density at radius 2 is 1.81 bits per heavy atom. The van der Waals surface area contributed by atoms with Crippen molar-refractivity contribution in [2.75, 3.05) is 24.5 Å². The number of aromatic nitrogens is 1. The molecule has 120 valence electrons. The molecule has 1 N–H and O–H groups in total. The molecular weight excluding hydrogens is 258 g/mol. The molecule has 0 spiro atoms. The number of pyridine rings is 1. The Kier molecular flexibility index (Phi) is 9.07. The monoisotopic (exact) mass is 291 g/mol. The molecule has 0 saturated heterocycles. The minimum absolute atomic E-state index is 0.682. The van der Waals surface area contributed by atoms with Crippen molar-refractivity contribution in [3.8, 4) is 0 Å². The zero-order chi connectivity index (χ0) is 15.5. The molecule has 1 aromatic rings. The van der Waals surface area contributed by atoms with E-state index in [2.05, 4.69) is 49.0 Å². The minimum atomic E-state index is 0.682. The zero-order valence-corrected chi connectivity index (χ0v) is 14.4. The Hall–Kier alpha value is -1.09. The summed E-state index contributed by atoms with van der Waals surface area (Å²) in [6.07, 6.45) is 8.94. The lowest BCUT2D eigenvalue weighted by Crippen LogP contribution is -2.28. The highest BCUT2D eigenvalue weighted by molar-refractivity contribution is 5.52. The summed E-state index contributed by atoms with van der Waals surface area (Å²) in [5, 5.41) is 3.54. The van der Waals surface area contributed by atoms with E-state index in [0.29, 0.717) is 5.92 Å². The second-order valence-corrected chi connectivity index (χ2v) is 6.22. The summed E-state index contributed by atoms with van der Waals surface area (Å²) >= 11 is 0. The first kappa shape index (κ1) is 18.0. The highest BCUT2D eigenvalue weighted by Gasteiger charge is 2.10. The van der Waals surface area contributed by atoms with Gasteiger partial charge in [-0.2, -0.15) is 0 Å². The molecule has 3 nitrogen and oxygen atoms in total. The molecule has 0 amide bonds. The van der Waals surface area contributed by atoms with Gasteiger partial charge in [-0.1, -0.05) is 40.5 Å². The molecular formula is C18H33N3. The largest absolute Gasteiger partial charge is 0.371 e. The quantitative estimate of drug-likeness (QED) is 0.661. The van der Waals surface area contributed by atoms with Crippen molar-refractivity contribution in [1.29, 1.82) is 0 Å². The van der Waals surface area contributed by atoms with Crippen LogP contribution >= 0.6 is 0 Å². The molecule has 0 fully saturated rings. The van der Waals surface area contributed by atoms with Gasteiger partial charge in [0, 0.05) is 43.3 Å². The Morgan fingerprint density at radius 1 is 1.14 bits per heavy atom. The molecule has 1 rings (SSSR count). The van der Waals surface area contributed by atoms with Crippen LogP contribution in [0.5, 0.6) is 0 Å². The molecule has 0 radical (unpaired) electrons. The highest BCUT2D eigenvalue weighted by Crippen LogP contribution is 2.20. The van der Waals surface area contributed by atoms with Gasteiger partial charge in [0.15, 0.2) is 0 Å². The molecule has 0 aromatic carbocycles. The van der Waals surface area contributed by atoms with E-state index in [9.17, 15) is 0 Å².